The van der Waals surface area contributed by atoms with Crippen LogP contribution in [0.25, 0.3) is 0 Å². The summed E-state index contributed by atoms with van der Waals surface area (Å²) in [6, 6.07) is 12.8. The van der Waals surface area contributed by atoms with Crippen molar-refractivity contribution in [3.05, 3.63) is 147 Å². The number of carbonyl (C=O) groups excluding carboxylic acids is 2. The van der Waals surface area contributed by atoms with E-state index >= 15 is 0 Å². The Hall–Kier alpha value is -6.38. The molecule has 0 saturated carbocycles. The normalized spacial score (nSPS) is 15.1. The summed E-state index contributed by atoms with van der Waals surface area (Å²) in [6.45, 7) is 3.82. The molecule has 2 aromatic carbocycles. The van der Waals surface area contributed by atoms with Gasteiger partial charge in [0.2, 0.25) is 0 Å². The van der Waals surface area contributed by atoms with Gasteiger partial charge in [-0.05, 0) is 92.6 Å². The van der Waals surface area contributed by atoms with Crippen molar-refractivity contribution < 1.29 is 45.4 Å². The van der Waals surface area contributed by atoms with Gasteiger partial charge in [-0.2, -0.15) is 63.5 Å². The van der Waals surface area contributed by atoms with Crippen LogP contribution >= 0.6 is 36.9 Å². The van der Waals surface area contributed by atoms with Gasteiger partial charge in [0.25, 0.3) is 11.8 Å². The molecule has 0 fully saturated rings. The maximum Gasteiger partial charge on any atom is 0.416 e. The van der Waals surface area contributed by atoms with E-state index in [0.29, 0.717) is 28.1 Å². The largest absolute Gasteiger partial charge is 3.00 e. The molecule has 0 aliphatic carbocycles. The van der Waals surface area contributed by atoms with Crippen LogP contribution in [0.2, 0.25) is 0 Å². The van der Waals surface area contributed by atoms with Crippen LogP contribution in [0.1, 0.15) is 97.1 Å². The molecule has 2 atom stereocenters. The first-order valence-corrected chi connectivity index (χ1v) is 19.4. The van der Waals surface area contributed by atoms with Crippen LogP contribution in [0.5, 0.6) is 0 Å². The van der Waals surface area contributed by atoms with E-state index < -0.39 is 54.1 Å². The predicted octanol–water partition coefficient (Wildman–Crippen LogP) is 8.78. The number of alkyl halides is 7. The van der Waals surface area contributed by atoms with Crippen LogP contribution < -0.4 is 15.5 Å². The van der Waals surface area contributed by atoms with Crippen LogP contribution in [-0.4, -0.2) is 59.5 Å². The third-order valence-corrected chi connectivity index (χ3v) is 10.3. The van der Waals surface area contributed by atoms with Gasteiger partial charge in [0.1, 0.15) is 23.9 Å². The van der Waals surface area contributed by atoms with E-state index in [0.717, 1.165) is 23.9 Å². The minimum atomic E-state index is -4.68. The SMILES string of the molecule is C[C@H]1CN(c2ccc(C(F)(F)F)c(CO)c2)C(=O)c2c(C#Cc3ccc(N)nc3)cnn21.Cc1ccc(C#Cc2cnn3c2C(=O)N(c2ccc(C(F)(F)F)c(C[18F])c2)C[C@@H]3C)cn1.S.S.[P-3]. The number of aryl methyl sites for hydroxylation is 1. The Morgan fingerprint density at radius 1 is 0.672 bits per heavy atom. The topological polar surface area (TPSA) is 148 Å². The fourth-order valence-electron chi connectivity index (χ4n) is 7.14. The van der Waals surface area contributed by atoms with Crippen molar-refractivity contribution >= 4 is 65.9 Å². The van der Waals surface area contributed by atoms with E-state index in [-0.39, 0.29) is 90.4 Å². The van der Waals surface area contributed by atoms with Gasteiger partial charge < -0.3 is 30.5 Å². The lowest BCUT2D eigenvalue weighted by atomic mass is 10.0. The fourth-order valence-corrected chi connectivity index (χ4v) is 7.14. The van der Waals surface area contributed by atoms with Crippen molar-refractivity contribution in [2.75, 3.05) is 28.6 Å². The first kappa shape index (κ1) is 53.2. The number of nitrogens with two attached hydrogens (primary N) is 1. The highest BCUT2D eigenvalue weighted by Crippen LogP contribution is 2.37. The highest BCUT2D eigenvalue weighted by Gasteiger charge is 2.38. The molecule has 3 N–H and O–H groups in total. The molecule has 352 valence electrons. The number of anilines is 3. The maximum absolute atomic E-state index is 13.3. The van der Waals surface area contributed by atoms with E-state index in [1.807, 2.05) is 32.9 Å². The molecule has 0 bridgehead atoms. The average Bonchev–Trinajstić information content (AvgIpc) is 3.91. The lowest BCUT2D eigenvalue weighted by Crippen LogP contribution is -2.43. The number of aliphatic hydroxyl groups is 1. The van der Waals surface area contributed by atoms with Gasteiger partial charge in [0.15, 0.2) is 0 Å². The molecule has 2 aliphatic rings. The summed E-state index contributed by atoms with van der Waals surface area (Å²) in [5.41, 5.74) is 6.58. The quantitative estimate of drug-likeness (QED) is 0.101. The number of halogens is 7. The molecule has 0 radical (unpaired) electrons. The number of rotatable bonds is 4. The Morgan fingerprint density at radius 2 is 1.12 bits per heavy atom. The summed E-state index contributed by atoms with van der Waals surface area (Å²) in [7, 11) is 0. The highest BCUT2D eigenvalue weighted by atomic mass is 32.1. The second-order valence-electron chi connectivity index (χ2n) is 14.9. The molecule has 12 nitrogen and oxygen atoms in total. The lowest BCUT2D eigenvalue weighted by Gasteiger charge is -3.00. The number of pyridine rings is 2. The molecular weight excluding hydrogens is 942 g/mol. The smallest absolute Gasteiger partial charge is 0.416 e. The number of aliphatic hydroxyl groups excluding tert-OH is 1. The van der Waals surface area contributed by atoms with Crippen LogP contribution in [0.15, 0.2) is 85.5 Å². The fraction of sp³-hybridized carbons (Fsp3) is 0.244. The summed E-state index contributed by atoms with van der Waals surface area (Å²) >= 11 is 0. The zero-order valence-corrected chi connectivity index (χ0v) is 38.5. The van der Waals surface area contributed by atoms with Gasteiger partial charge in [0.05, 0.1) is 53.3 Å². The molecule has 6 aromatic rings. The molecule has 0 unspecified atom stereocenters. The molecule has 6 heterocycles. The lowest BCUT2D eigenvalue weighted by molar-refractivity contribution is -0.139. The highest BCUT2D eigenvalue weighted by molar-refractivity contribution is 7.59. The zero-order valence-electron chi connectivity index (χ0n) is 35.6. The van der Waals surface area contributed by atoms with E-state index in [9.17, 15) is 45.4 Å². The number of fused-ring (bicyclic) bond motifs is 2. The average molecular weight is 982 g/mol. The zero-order chi connectivity index (χ0) is 46.1. The first-order chi connectivity index (χ1) is 30.4. The summed E-state index contributed by atoms with van der Waals surface area (Å²) in [6.07, 6.45) is -3.18. The van der Waals surface area contributed by atoms with Gasteiger partial charge in [-0.25, -0.2) is 9.37 Å². The van der Waals surface area contributed by atoms with Crippen molar-refractivity contribution in [3.8, 4) is 23.7 Å². The first-order valence-electron chi connectivity index (χ1n) is 19.4. The predicted molar refractivity (Wildman–Crippen MR) is 248 cm³/mol. The van der Waals surface area contributed by atoms with Crippen molar-refractivity contribution in [2.24, 2.45) is 0 Å². The van der Waals surface area contributed by atoms with Gasteiger partial charge in [-0.3, -0.25) is 23.9 Å². The van der Waals surface area contributed by atoms with Gasteiger partial charge in [-0.1, -0.05) is 23.7 Å². The molecule has 22 heteroatoms. The minimum Gasteiger partial charge on any atom is -3.00 e. The standard InChI is InChI=1S/C23H18F4N4O.C22H18F3N5O2.P.2H2S/c1-14-3-4-16(11-28-14)5-6-17-12-29-31-15(2)13-30(22(32)21(17)31)19-7-8-20(23(25,26)27)18(9-19)10-24;1-13-11-29(17-5-6-18(22(23,24)25)16(8-17)12-31)21(32)20-15(10-28-30(13)20)4-2-14-3-7-19(26)27-9-14;;;/h3-4,7-9,11-12,15H,10,13H2,1-2H3;3,5-10,13,31H,11-12H2,1H3,(H2,26,27);;2*1H2/q;;-3;;/t15-;13-;;;/m00.../s1/i24-1;;;;. The second kappa shape index (κ2) is 21.5. The van der Waals surface area contributed by atoms with E-state index in [1.165, 1.54) is 46.6 Å². The summed E-state index contributed by atoms with van der Waals surface area (Å²) in [5.74, 6) is 11.2. The third kappa shape index (κ3) is 11.4. The second-order valence-corrected chi connectivity index (χ2v) is 14.9. The summed E-state index contributed by atoms with van der Waals surface area (Å²) < 4.78 is 95.3. The molecule has 4 aromatic heterocycles. The number of amides is 2. The van der Waals surface area contributed by atoms with Crippen molar-refractivity contribution in [1.29, 1.82) is 0 Å². The number of hydrogen-bond donors (Lipinski definition) is 2. The summed E-state index contributed by atoms with van der Waals surface area (Å²) in [4.78, 5) is 37.4. The summed E-state index contributed by atoms with van der Waals surface area (Å²) in [5, 5.41) is 18.0. The van der Waals surface area contributed by atoms with Crippen LogP contribution in [0.4, 0.5) is 47.9 Å². The van der Waals surface area contributed by atoms with Crippen molar-refractivity contribution in [1.82, 2.24) is 29.5 Å². The maximum atomic E-state index is 13.3. The number of aromatic nitrogens is 6. The molecule has 2 amide bonds. The number of hydrogen-bond acceptors (Lipinski definition) is 8. The minimum absolute atomic E-state index is 0. The van der Waals surface area contributed by atoms with Crippen molar-refractivity contribution in [3.63, 3.8) is 0 Å². The Kier molecular flexibility index (Phi) is 17.1. The van der Waals surface area contributed by atoms with Gasteiger partial charge in [-0.15, -0.1) is 0 Å². The van der Waals surface area contributed by atoms with Crippen LogP contribution in [-0.2, 0) is 25.6 Å². The van der Waals surface area contributed by atoms with Gasteiger partial charge >= 0.3 is 12.4 Å². The third-order valence-electron chi connectivity index (χ3n) is 10.3. The van der Waals surface area contributed by atoms with Crippen LogP contribution in [0.3, 0.4) is 0 Å². The Bertz CT molecular complexity index is 2690. The number of nitrogens with zero attached hydrogens (tertiary/aromatic N) is 8. The molecule has 67 heavy (non-hydrogen) atoms. The Balaban J connectivity index is 0.000000280. The van der Waals surface area contributed by atoms with Crippen molar-refractivity contribution in [2.45, 2.75) is 58.5 Å². The van der Waals surface area contributed by atoms with E-state index in [1.54, 1.807) is 27.7 Å². The number of nitrogen functional groups attached to an aromatic ring is 1. The molecule has 8 rings (SSSR count). The Labute approximate surface area is 397 Å². The Morgan fingerprint density at radius 3 is 1.52 bits per heavy atom. The van der Waals surface area contributed by atoms with E-state index in [2.05, 4.69) is 43.8 Å². The molecular formula is C45H40F7N9O3PS2-3. The molecule has 0 saturated heterocycles. The molecule has 0 spiro atoms. The number of carbonyl (C=O) groups is 2. The van der Waals surface area contributed by atoms with E-state index in [4.69, 9.17) is 5.73 Å². The monoisotopic (exact) mass is 981 g/mol. The molecule has 2 aliphatic heterocycles. The number of benzene rings is 2. The van der Waals surface area contributed by atoms with Crippen LogP contribution in [0, 0.1) is 30.6 Å². The van der Waals surface area contributed by atoms with Gasteiger partial charge in [0, 0.05) is 53.7 Å².